The first-order valence-corrected chi connectivity index (χ1v) is 6.40. The summed E-state index contributed by atoms with van der Waals surface area (Å²) in [7, 11) is 1.75. The molecule has 0 unspecified atom stereocenters. The molecule has 0 saturated heterocycles. The van der Waals surface area contributed by atoms with Gasteiger partial charge in [-0.15, -0.1) is 0 Å². The highest BCUT2D eigenvalue weighted by Crippen LogP contribution is 2.16. The number of rotatable bonds is 4. The van der Waals surface area contributed by atoms with Crippen molar-refractivity contribution in [1.29, 1.82) is 0 Å². The number of hydrogen-bond donors (Lipinski definition) is 1. The van der Waals surface area contributed by atoms with Gasteiger partial charge in [0, 0.05) is 23.6 Å². The number of halogens is 1. The zero-order valence-electron chi connectivity index (χ0n) is 10.4. The van der Waals surface area contributed by atoms with E-state index in [0.717, 1.165) is 10.0 Å². The van der Waals surface area contributed by atoms with Gasteiger partial charge < -0.3 is 10.0 Å². The van der Waals surface area contributed by atoms with Crippen LogP contribution in [0.25, 0.3) is 0 Å². The van der Waals surface area contributed by atoms with Gasteiger partial charge in [0.15, 0.2) is 0 Å². The van der Waals surface area contributed by atoms with Crippen LogP contribution in [0.5, 0.6) is 0 Å². The van der Waals surface area contributed by atoms with Gasteiger partial charge in [0.1, 0.15) is 0 Å². The molecule has 4 heteroatoms. The molecular weight excluding hydrogens is 282 g/mol. The molecule has 17 heavy (non-hydrogen) atoms. The fourth-order valence-electron chi connectivity index (χ4n) is 1.56. The summed E-state index contributed by atoms with van der Waals surface area (Å²) in [6, 6.07) is 5.65. The molecule has 3 nitrogen and oxygen atoms in total. The van der Waals surface area contributed by atoms with Crippen molar-refractivity contribution in [3.8, 4) is 0 Å². The molecule has 0 heterocycles. The molecule has 0 spiro atoms. The number of hydrogen-bond acceptors (Lipinski definition) is 2. The third kappa shape index (κ3) is 4.48. The molecule has 1 aromatic carbocycles. The maximum atomic E-state index is 12.1. The Morgan fingerprint density at radius 1 is 1.47 bits per heavy atom. The molecule has 94 valence electrons. The second-order valence-corrected chi connectivity index (χ2v) is 5.30. The minimum atomic E-state index is -0.380. The summed E-state index contributed by atoms with van der Waals surface area (Å²) in [5.74, 6) is -0.0185. The maximum Gasteiger partial charge on any atom is 0.253 e. The fraction of sp³-hybridized carbons (Fsp3) is 0.462. The van der Waals surface area contributed by atoms with E-state index in [2.05, 4.69) is 15.9 Å². The SMILES string of the molecule is Cc1cc(Br)cc(C(=O)N(C)CC[C@@H](C)O)c1. The summed E-state index contributed by atoms with van der Waals surface area (Å²) >= 11 is 3.38. The topological polar surface area (TPSA) is 40.5 Å². The minimum Gasteiger partial charge on any atom is -0.393 e. The molecule has 0 aliphatic carbocycles. The van der Waals surface area contributed by atoms with Crippen LogP contribution in [0.2, 0.25) is 0 Å². The molecule has 1 N–H and O–H groups in total. The zero-order chi connectivity index (χ0) is 13.0. The third-order valence-electron chi connectivity index (χ3n) is 2.52. The first-order valence-electron chi connectivity index (χ1n) is 5.61. The van der Waals surface area contributed by atoms with E-state index in [1.54, 1.807) is 18.9 Å². The molecule has 0 bridgehead atoms. The fourth-order valence-corrected chi connectivity index (χ4v) is 2.17. The van der Waals surface area contributed by atoms with Gasteiger partial charge in [-0.2, -0.15) is 0 Å². The Hall–Kier alpha value is -0.870. The highest BCUT2D eigenvalue weighted by Gasteiger charge is 2.12. The summed E-state index contributed by atoms with van der Waals surface area (Å²) in [5, 5.41) is 9.20. The predicted octanol–water partition coefficient (Wildman–Crippen LogP) is 2.60. The Morgan fingerprint density at radius 2 is 2.12 bits per heavy atom. The third-order valence-corrected chi connectivity index (χ3v) is 2.98. The van der Waals surface area contributed by atoms with Crippen molar-refractivity contribution in [2.75, 3.05) is 13.6 Å². The van der Waals surface area contributed by atoms with Gasteiger partial charge in [0.2, 0.25) is 0 Å². The van der Waals surface area contributed by atoms with E-state index in [9.17, 15) is 9.90 Å². The lowest BCUT2D eigenvalue weighted by Crippen LogP contribution is -2.29. The van der Waals surface area contributed by atoms with Crippen molar-refractivity contribution in [3.05, 3.63) is 33.8 Å². The highest BCUT2D eigenvalue weighted by molar-refractivity contribution is 9.10. The molecule has 1 amide bonds. The van der Waals surface area contributed by atoms with Crippen molar-refractivity contribution in [3.63, 3.8) is 0 Å². The quantitative estimate of drug-likeness (QED) is 0.928. The number of benzene rings is 1. The van der Waals surface area contributed by atoms with Crippen LogP contribution < -0.4 is 0 Å². The largest absolute Gasteiger partial charge is 0.393 e. The van der Waals surface area contributed by atoms with Gasteiger partial charge in [0.05, 0.1) is 6.10 Å². The van der Waals surface area contributed by atoms with Crippen molar-refractivity contribution in [2.24, 2.45) is 0 Å². The lowest BCUT2D eigenvalue weighted by molar-refractivity contribution is 0.0769. The van der Waals surface area contributed by atoms with Gasteiger partial charge in [-0.3, -0.25) is 4.79 Å². The van der Waals surface area contributed by atoms with Crippen LogP contribution in [-0.2, 0) is 0 Å². The van der Waals surface area contributed by atoms with E-state index >= 15 is 0 Å². The van der Waals surface area contributed by atoms with E-state index in [4.69, 9.17) is 0 Å². The second-order valence-electron chi connectivity index (χ2n) is 4.38. The summed E-state index contributed by atoms with van der Waals surface area (Å²) in [6.07, 6.45) is 0.212. The molecule has 1 atom stereocenters. The molecule has 0 aliphatic rings. The van der Waals surface area contributed by atoms with E-state index in [1.807, 2.05) is 25.1 Å². The van der Waals surface area contributed by atoms with Crippen LogP contribution in [0.3, 0.4) is 0 Å². The van der Waals surface area contributed by atoms with Gasteiger partial charge >= 0.3 is 0 Å². The first kappa shape index (κ1) is 14.2. The van der Waals surface area contributed by atoms with Crippen LogP contribution in [0.4, 0.5) is 0 Å². The van der Waals surface area contributed by atoms with Gasteiger partial charge in [0.25, 0.3) is 5.91 Å². The lowest BCUT2D eigenvalue weighted by Gasteiger charge is -2.18. The van der Waals surface area contributed by atoms with Crippen molar-refractivity contribution >= 4 is 21.8 Å². The van der Waals surface area contributed by atoms with Crippen LogP contribution >= 0.6 is 15.9 Å². The Labute approximate surface area is 111 Å². The molecule has 0 radical (unpaired) electrons. The van der Waals surface area contributed by atoms with Crippen LogP contribution in [-0.4, -0.2) is 35.6 Å². The Bertz CT molecular complexity index is 384. The number of nitrogens with zero attached hydrogens (tertiary/aromatic N) is 1. The van der Waals surface area contributed by atoms with E-state index < -0.39 is 0 Å². The van der Waals surface area contributed by atoms with Gasteiger partial charge in [-0.25, -0.2) is 0 Å². The van der Waals surface area contributed by atoms with Crippen molar-refractivity contribution in [1.82, 2.24) is 4.90 Å². The standard InChI is InChI=1S/C13H18BrNO2/c1-9-6-11(8-12(14)7-9)13(17)15(3)5-4-10(2)16/h6-8,10,16H,4-5H2,1-3H3/t10-/m1/s1. The smallest absolute Gasteiger partial charge is 0.253 e. The molecule has 1 rings (SSSR count). The maximum absolute atomic E-state index is 12.1. The number of amides is 1. The van der Waals surface area contributed by atoms with E-state index in [1.165, 1.54) is 0 Å². The average molecular weight is 300 g/mol. The zero-order valence-corrected chi connectivity index (χ0v) is 12.0. The van der Waals surface area contributed by atoms with Gasteiger partial charge in [-0.05, 0) is 44.0 Å². The number of carbonyl (C=O) groups is 1. The first-order chi connectivity index (χ1) is 7.90. The molecule has 1 aromatic rings. The summed E-state index contributed by atoms with van der Waals surface area (Å²) in [5.41, 5.74) is 1.72. The molecule has 0 fully saturated rings. The van der Waals surface area contributed by atoms with Gasteiger partial charge in [-0.1, -0.05) is 15.9 Å². The minimum absolute atomic E-state index is 0.0185. The second kappa shape index (κ2) is 6.17. The predicted molar refractivity (Wildman–Crippen MR) is 72.1 cm³/mol. The van der Waals surface area contributed by atoms with Crippen LogP contribution in [0.15, 0.2) is 22.7 Å². The average Bonchev–Trinajstić information content (AvgIpc) is 2.23. The Kier molecular flexibility index (Phi) is 5.15. The van der Waals surface area contributed by atoms with E-state index in [-0.39, 0.29) is 12.0 Å². The monoisotopic (exact) mass is 299 g/mol. The summed E-state index contributed by atoms with van der Waals surface area (Å²) in [6.45, 7) is 4.24. The van der Waals surface area contributed by atoms with Crippen LogP contribution in [0.1, 0.15) is 29.3 Å². The Balaban J connectivity index is 2.74. The van der Waals surface area contributed by atoms with Crippen LogP contribution in [0, 0.1) is 6.92 Å². The van der Waals surface area contributed by atoms with Crippen molar-refractivity contribution in [2.45, 2.75) is 26.4 Å². The summed E-state index contributed by atoms with van der Waals surface area (Å²) in [4.78, 5) is 13.7. The molecular formula is C13H18BrNO2. The summed E-state index contributed by atoms with van der Waals surface area (Å²) < 4.78 is 0.907. The molecule has 0 saturated carbocycles. The number of aliphatic hydroxyl groups excluding tert-OH is 1. The normalized spacial score (nSPS) is 12.3. The number of aryl methyl sites for hydroxylation is 1. The number of aliphatic hydroxyl groups is 1. The number of carbonyl (C=O) groups excluding carboxylic acids is 1. The lowest BCUT2D eigenvalue weighted by atomic mass is 10.1. The van der Waals surface area contributed by atoms with E-state index in [0.29, 0.717) is 18.5 Å². The molecule has 0 aliphatic heterocycles. The molecule has 0 aromatic heterocycles. The Morgan fingerprint density at radius 3 is 2.65 bits per heavy atom. The van der Waals surface area contributed by atoms with Crippen molar-refractivity contribution < 1.29 is 9.90 Å². The highest BCUT2D eigenvalue weighted by atomic mass is 79.9.